The molecule has 0 spiro atoms. The van der Waals surface area contributed by atoms with E-state index in [2.05, 4.69) is 60.4 Å². The highest BCUT2D eigenvalue weighted by atomic mass is 16.5. The number of ether oxygens (including phenoxy) is 1. The maximum atomic E-state index is 6.09. The zero-order chi connectivity index (χ0) is 21.6. The van der Waals surface area contributed by atoms with Crippen molar-refractivity contribution in [2.24, 2.45) is 16.3 Å². The second-order valence-corrected chi connectivity index (χ2v) is 9.20. The SMILES string of the molecule is CN=C(NCCc1coc(-c2ccc(C)cc2)n1)NCC1CCCOC1C(C)(C)C. The van der Waals surface area contributed by atoms with E-state index in [0.717, 1.165) is 49.8 Å². The fraction of sp³-hybridized carbons (Fsp3) is 0.583. The van der Waals surface area contributed by atoms with Crippen LogP contribution in [0.4, 0.5) is 0 Å². The van der Waals surface area contributed by atoms with Crippen molar-refractivity contribution in [3.63, 3.8) is 0 Å². The van der Waals surface area contributed by atoms with Crippen LogP contribution in [0.5, 0.6) is 0 Å². The molecule has 0 aliphatic carbocycles. The summed E-state index contributed by atoms with van der Waals surface area (Å²) in [5.74, 6) is 1.97. The molecule has 1 fully saturated rings. The first kappa shape index (κ1) is 22.3. The van der Waals surface area contributed by atoms with Gasteiger partial charge in [-0.25, -0.2) is 4.98 Å². The number of benzene rings is 1. The predicted octanol–water partition coefficient (Wildman–Crippen LogP) is 4.20. The highest BCUT2D eigenvalue weighted by Gasteiger charge is 2.35. The van der Waals surface area contributed by atoms with Crippen molar-refractivity contribution in [2.75, 3.05) is 26.7 Å². The van der Waals surface area contributed by atoms with Gasteiger partial charge in [-0.3, -0.25) is 4.99 Å². The van der Waals surface area contributed by atoms with Gasteiger partial charge < -0.3 is 19.8 Å². The molecule has 0 saturated carbocycles. The largest absolute Gasteiger partial charge is 0.444 e. The molecular weight excluding hydrogens is 376 g/mol. The van der Waals surface area contributed by atoms with Crippen molar-refractivity contribution in [1.29, 1.82) is 0 Å². The first-order chi connectivity index (χ1) is 14.4. The van der Waals surface area contributed by atoms with Crippen LogP contribution in [0.25, 0.3) is 11.5 Å². The normalized spacial score (nSPS) is 20.2. The van der Waals surface area contributed by atoms with E-state index in [1.807, 2.05) is 12.1 Å². The lowest BCUT2D eigenvalue weighted by Crippen LogP contribution is -2.47. The van der Waals surface area contributed by atoms with Crippen LogP contribution in [-0.4, -0.2) is 43.8 Å². The number of aromatic nitrogens is 1. The van der Waals surface area contributed by atoms with E-state index >= 15 is 0 Å². The Hall–Kier alpha value is -2.34. The number of rotatable bonds is 6. The Morgan fingerprint density at radius 3 is 2.67 bits per heavy atom. The Morgan fingerprint density at radius 2 is 1.97 bits per heavy atom. The Kier molecular flexibility index (Phi) is 7.53. The van der Waals surface area contributed by atoms with Crippen molar-refractivity contribution < 1.29 is 9.15 Å². The van der Waals surface area contributed by atoms with Crippen molar-refractivity contribution in [3.05, 3.63) is 41.8 Å². The minimum Gasteiger partial charge on any atom is -0.444 e. The maximum absolute atomic E-state index is 6.09. The van der Waals surface area contributed by atoms with E-state index in [1.54, 1.807) is 13.3 Å². The molecule has 1 aromatic carbocycles. The molecule has 6 nitrogen and oxygen atoms in total. The Bertz CT molecular complexity index is 820. The number of guanidine groups is 1. The number of hydrogen-bond donors (Lipinski definition) is 2. The molecule has 0 amide bonds. The zero-order valence-electron chi connectivity index (χ0n) is 19.0. The van der Waals surface area contributed by atoms with Crippen LogP contribution < -0.4 is 10.6 Å². The predicted molar refractivity (Wildman–Crippen MR) is 122 cm³/mol. The first-order valence-corrected chi connectivity index (χ1v) is 10.9. The minimum absolute atomic E-state index is 0.145. The first-order valence-electron chi connectivity index (χ1n) is 10.9. The van der Waals surface area contributed by atoms with Crippen molar-refractivity contribution in [2.45, 2.75) is 53.1 Å². The third-order valence-corrected chi connectivity index (χ3v) is 5.58. The van der Waals surface area contributed by atoms with Gasteiger partial charge in [0.25, 0.3) is 0 Å². The van der Waals surface area contributed by atoms with Crippen molar-refractivity contribution in [1.82, 2.24) is 15.6 Å². The standard InChI is InChI=1S/C24H36N4O2/c1-17-8-10-18(11-9-17)22-28-20(16-30-22)12-13-26-23(25-5)27-15-19-7-6-14-29-21(19)24(2,3)4/h8-11,16,19,21H,6-7,12-15H2,1-5H3,(H2,25,26,27). The van der Waals surface area contributed by atoms with Gasteiger partial charge in [-0.05, 0) is 37.3 Å². The van der Waals surface area contributed by atoms with Gasteiger partial charge in [0.15, 0.2) is 5.96 Å². The second-order valence-electron chi connectivity index (χ2n) is 9.20. The van der Waals surface area contributed by atoms with Gasteiger partial charge >= 0.3 is 0 Å². The number of aryl methyl sites for hydroxylation is 1. The zero-order valence-corrected chi connectivity index (χ0v) is 19.0. The van der Waals surface area contributed by atoms with E-state index < -0.39 is 0 Å². The molecule has 0 bridgehead atoms. The molecule has 2 heterocycles. The molecule has 1 aliphatic rings. The number of hydrogen-bond acceptors (Lipinski definition) is 4. The molecule has 0 radical (unpaired) electrons. The molecule has 1 aliphatic heterocycles. The van der Waals surface area contributed by atoms with Crippen molar-refractivity contribution >= 4 is 5.96 Å². The van der Waals surface area contributed by atoms with Crippen LogP contribution in [0.2, 0.25) is 0 Å². The van der Waals surface area contributed by atoms with E-state index in [1.165, 1.54) is 12.0 Å². The summed E-state index contributed by atoms with van der Waals surface area (Å²) in [5, 5.41) is 6.86. The molecule has 3 rings (SSSR count). The van der Waals surface area contributed by atoms with Crippen LogP contribution in [0.15, 0.2) is 39.9 Å². The fourth-order valence-electron chi connectivity index (χ4n) is 4.02. The van der Waals surface area contributed by atoms with E-state index in [4.69, 9.17) is 9.15 Å². The highest BCUT2D eigenvalue weighted by Crippen LogP contribution is 2.33. The lowest BCUT2D eigenvalue weighted by molar-refractivity contribution is -0.0835. The molecule has 2 N–H and O–H groups in total. The van der Waals surface area contributed by atoms with E-state index in [0.29, 0.717) is 11.8 Å². The lowest BCUT2D eigenvalue weighted by atomic mass is 9.78. The topological polar surface area (TPSA) is 71.7 Å². The smallest absolute Gasteiger partial charge is 0.226 e. The van der Waals surface area contributed by atoms with Crippen LogP contribution in [-0.2, 0) is 11.2 Å². The van der Waals surface area contributed by atoms with Gasteiger partial charge in [-0.2, -0.15) is 0 Å². The summed E-state index contributed by atoms with van der Waals surface area (Å²) < 4.78 is 11.7. The summed E-state index contributed by atoms with van der Waals surface area (Å²) in [5.41, 5.74) is 3.30. The molecule has 2 unspecified atom stereocenters. The summed E-state index contributed by atoms with van der Waals surface area (Å²) in [6, 6.07) is 8.21. The Balaban J connectivity index is 1.46. The molecule has 164 valence electrons. The summed E-state index contributed by atoms with van der Waals surface area (Å²) in [7, 11) is 1.81. The second kappa shape index (κ2) is 10.1. The molecular formula is C24H36N4O2. The van der Waals surface area contributed by atoms with Gasteiger partial charge in [0.05, 0.1) is 11.8 Å². The quantitative estimate of drug-likeness (QED) is 0.550. The third kappa shape index (κ3) is 6.08. The molecule has 6 heteroatoms. The van der Waals surface area contributed by atoms with Gasteiger partial charge in [-0.15, -0.1) is 0 Å². The number of oxazole rings is 1. The summed E-state index contributed by atoms with van der Waals surface area (Å²) >= 11 is 0. The maximum Gasteiger partial charge on any atom is 0.226 e. The average molecular weight is 413 g/mol. The molecule has 1 saturated heterocycles. The minimum atomic E-state index is 0.145. The van der Waals surface area contributed by atoms with Gasteiger partial charge in [-0.1, -0.05) is 38.5 Å². The summed E-state index contributed by atoms with van der Waals surface area (Å²) in [6.07, 6.45) is 5.09. The van der Waals surface area contributed by atoms with Crippen LogP contribution in [0.3, 0.4) is 0 Å². The van der Waals surface area contributed by atoms with Crippen LogP contribution in [0.1, 0.15) is 44.9 Å². The number of nitrogens with one attached hydrogen (secondary N) is 2. The monoisotopic (exact) mass is 412 g/mol. The Morgan fingerprint density at radius 1 is 1.20 bits per heavy atom. The number of nitrogens with zero attached hydrogens (tertiary/aromatic N) is 2. The fourth-order valence-corrected chi connectivity index (χ4v) is 4.02. The number of aliphatic imine (C=N–C) groups is 1. The molecule has 30 heavy (non-hydrogen) atoms. The summed E-state index contributed by atoms with van der Waals surface area (Å²) in [4.78, 5) is 8.97. The highest BCUT2D eigenvalue weighted by molar-refractivity contribution is 5.79. The molecule has 2 atom stereocenters. The van der Waals surface area contributed by atoms with Gasteiger partial charge in [0, 0.05) is 44.6 Å². The van der Waals surface area contributed by atoms with Gasteiger partial charge in [0.1, 0.15) is 6.26 Å². The Labute approximate surface area is 180 Å². The van der Waals surface area contributed by atoms with Gasteiger partial charge in [0.2, 0.25) is 5.89 Å². The summed E-state index contributed by atoms with van der Waals surface area (Å²) in [6.45, 7) is 11.3. The van der Waals surface area contributed by atoms with E-state index in [9.17, 15) is 0 Å². The molecule has 1 aromatic heterocycles. The van der Waals surface area contributed by atoms with Crippen LogP contribution in [0, 0.1) is 18.3 Å². The van der Waals surface area contributed by atoms with Crippen LogP contribution >= 0.6 is 0 Å². The average Bonchev–Trinajstić information content (AvgIpc) is 3.19. The van der Waals surface area contributed by atoms with Crippen molar-refractivity contribution in [3.8, 4) is 11.5 Å². The lowest BCUT2D eigenvalue weighted by Gasteiger charge is -2.40. The van der Waals surface area contributed by atoms with E-state index in [-0.39, 0.29) is 11.5 Å². The molecule has 2 aromatic rings. The third-order valence-electron chi connectivity index (χ3n) is 5.58.